The van der Waals surface area contributed by atoms with E-state index in [1.54, 1.807) is 6.20 Å². The number of hydrogen-bond acceptors (Lipinski definition) is 3. The fraction of sp³-hybridized carbons (Fsp3) is 0.214. The van der Waals surface area contributed by atoms with Gasteiger partial charge < -0.3 is 10.2 Å². The predicted octanol–water partition coefficient (Wildman–Crippen LogP) is 2.98. The van der Waals surface area contributed by atoms with Crippen LogP contribution in [0.25, 0.3) is 0 Å². The summed E-state index contributed by atoms with van der Waals surface area (Å²) in [5, 5.41) is 4.09. The zero-order valence-electron chi connectivity index (χ0n) is 9.94. The van der Waals surface area contributed by atoms with Crippen molar-refractivity contribution in [2.75, 3.05) is 18.0 Å². The summed E-state index contributed by atoms with van der Waals surface area (Å²) in [6.45, 7) is 2.75. The van der Waals surface area contributed by atoms with Crippen molar-refractivity contribution in [3.63, 3.8) is 0 Å². The molecule has 4 heteroatoms. The standard InChI is InChI=1S/C14H14ClN3/c15-12-5-6-14(17-10-12)18-8-7-16-9-11-3-1-2-4-13(11)18/h1-6,10,16H,7-9H2. The van der Waals surface area contributed by atoms with E-state index in [9.17, 15) is 0 Å². The van der Waals surface area contributed by atoms with E-state index in [1.165, 1.54) is 11.3 Å². The number of nitrogens with zero attached hydrogens (tertiary/aromatic N) is 2. The molecule has 3 nitrogen and oxygen atoms in total. The molecule has 1 N–H and O–H groups in total. The molecular formula is C14H14ClN3. The van der Waals surface area contributed by atoms with E-state index in [-0.39, 0.29) is 0 Å². The Hall–Kier alpha value is -1.58. The van der Waals surface area contributed by atoms with E-state index >= 15 is 0 Å². The van der Waals surface area contributed by atoms with Crippen LogP contribution in [-0.4, -0.2) is 18.1 Å². The van der Waals surface area contributed by atoms with Gasteiger partial charge in [-0.3, -0.25) is 0 Å². The first kappa shape index (κ1) is 11.5. The molecule has 0 spiro atoms. The molecule has 0 unspecified atom stereocenters. The molecule has 92 valence electrons. The number of aromatic nitrogens is 1. The van der Waals surface area contributed by atoms with Crippen LogP contribution in [0.1, 0.15) is 5.56 Å². The van der Waals surface area contributed by atoms with Crippen molar-refractivity contribution in [3.05, 3.63) is 53.2 Å². The molecule has 0 aliphatic carbocycles. The van der Waals surface area contributed by atoms with Crippen molar-refractivity contribution in [1.29, 1.82) is 0 Å². The quantitative estimate of drug-likeness (QED) is 0.853. The Kier molecular flexibility index (Phi) is 3.17. The van der Waals surface area contributed by atoms with Gasteiger partial charge in [0.2, 0.25) is 0 Å². The monoisotopic (exact) mass is 259 g/mol. The van der Waals surface area contributed by atoms with Crippen LogP contribution in [0, 0.1) is 0 Å². The third-order valence-electron chi connectivity index (χ3n) is 3.10. The predicted molar refractivity (Wildman–Crippen MR) is 74.4 cm³/mol. The number of fused-ring (bicyclic) bond motifs is 1. The molecule has 1 aromatic carbocycles. The van der Waals surface area contributed by atoms with E-state index in [0.29, 0.717) is 5.02 Å². The Morgan fingerprint density at radius 2 is 2.06 bits per heavy atom. The second-order valence-electron chi connectivity index (χ2n) is 4.29. The van der Waals surface area contributed by atoms with Crippen LogP contribution in [0.4, 0.5) is 11.5 Å². The number of hydrogen-bond donors (Lipinski definition) is 1. The lowest BCUT2D eigenvalue weighted by molar-refractivity contribution is 0.711. The molecular weight excluding hydrogens is 246 g/mol. The highest BCUT2D eigenvalue weighted by atomic mass is 35.5. The van der Waals surface area contributed by atoms with Gasteiger partial charge in [-0.2, -0.15) is 0 Å². The number of nitrogens with one attached hydrogen (secondary N) is 1. The summed E-state index contributed by atoms with van der Waals surface area (Å²) < 4.78 is 0. The number of pyridine rings is 1. The van der Waals surface area contributed by atoms with Crippen LogP contribution >= 0.6 is 11.6 Å². The second-order valence-corrected chi connectivity index (χ2v) is 4.73. The summed E-state index contributed by atoms with van der Waals surface area (Å²) in [5.74, 6) is 0.940. The maximum Gasteiger partial charge on any atom is 0.133 e. The lowest BCUT2D eigenvalue weighted by Crippen LogP contribution is -2.25. The van der Waals surface area contributed by atoms with Gasteiger partial charge in [0.1, 0.15) is 5.82 Å². The van der Waals surface area contributed by atoms with E-state index in [1.807, 2.05) is 12.1 Å². The SMILES string of the molecule is Clc1ccc(N2CCNCc3ccccc32)nc1. The molecule has 2 heterocycles. The summed E-state index contributed by atoms with van der Waals surface area (Å²) in [5.41, 5.74) is 2.52. The van der Waals surface area contributed by atoms with Crippen LogP contribution in [0.5, 0.6) is 0 Å². The molecule has 0 saturated heterocycles. The highest BCUT2D eigenvalue weighted by molar-refractivity contribution is 6.30. The lowest BCUT2D eigenvalue weighted by Gasteiger charge is -2.23. The van der Waals surface area contributed by atoms with Crippen molar-refractivity contribution in [2.24, 2.45) is 0 Å². The zero-order chi connectivity index (χ0) is 12.4. The average molecular weight is 260 g/mol. The lowest BCUT2D eigenvalue weighted by atomic mass is 10.1. The second kappa shape index (κ2) is 4.96. The van der Waals surface area contributed by atoms with Crippen molar-refractivity contribution in [3.8, 4) is 0 Å². The molecule has 0 fully saturated rings. The van der Waals surface area contributed by atoms with Crippen LogP contribution in [0.2, 0.25) is 5.02 Å². The largest absolute Gasteiger partial charge is 0.325 e. The zero-order valence-corrected chi connectivity index (χ0v) is 10.7. The molecule has 1 aromatic heterocycles. The van der Waals surface area contributed by atoms with E-state index in [2.05, 4.69) is 39.5 Å². The van der Waals surface area contributed by atoms with Crippen LogP contribution < -0.4 is 10.2 Å². The topological polar surface area (TPSA) is 28.2 Å². The van der Waals surface area contributed by atoms with Crippen LogP contribution in [-0.2, 0) is 6.54 Å². The third kappa shape index (κ3) is 2.19. The third-order valence-corrected chi connectivity index (χ3v) is 3.32. The Morgan fingerprint density at radius 1 is 1.17 bits per heavy atom. The van der Waals surface area contributed by atoms with E-state index in [4.69, 9.17) is 11.6 Å². The molecule has 0 atom stereocenters. The van der Waals surface area contributed by atoms with Gasteiger partial charge >= 0.3 is 0 Å². The Morgan fingerprint density at radius 3 is 2.89 bits per heavy atom. The minimum Gasteiger partial charge on any atom is -0.325 e. The number of halogens is 1. The molecule has 0 saturated carbocycles. The number of rotatable bonds is 1. The fourth-order valence-electron chi connectivity index (χ4n) is 2.22. The Labute approximate surface area is 111 Å². The van der Waals surface area contributed by atoms with Gasteiger partial charge in [0.25, 0.3) is 0 Å². The minimum absolute atomic E-state index is 0.667. The average Bonchev–Trinajstić information content (AvgIpc) is 2.62. The first-order chi connectivity index (χ1) is 8.84. The molecule has 0 radical (unpaired) electrons. The molecule has 0 bridgehead atoms. The first-order valence-electron chi connectivity index (χ1n) is 6.02. The number of anilines is 2. The molecule has 3 rings (SSSR count). The molecule has 18 heavy (non-hydrogen) atoms. The van der Waals surface area contributed by atoms with Crippen LogP contribution in [0.3, 0.4) is 0 Å². The van der Waals surface area contributed by atoms with Gasteiger partial charge in [-0.25, -0.2) is 4.98 Å². The Balaban J connectivity index is 2.03. The molecule has 1 aliphatic rings. The van der Waals surface area contributed by atoms with Gasteiger partial charge in [-0.1, -0.05) is 29.8 Å². The van der Waals surface area contributed by atoms with Gasteiger partial charge in [0, 0.05) is 31.5 Å². The smallest absolute Gasteiger partial charge is 0.133 e. The summed E-state index contributed by atoms with van der Waals surface area (Å²) in [4.78, 5) is 6.64. The maximum atomic E-state index is 5.89. The van der Waals surface area contributed by atoms with Crippen LogP contribution in [0.15, 0.2) is 42.6 Å². The van der Waals surface area contributed by atoms with Gasteiger partial charge in [-0.15, -0.1) is 0 Å². The van der Waals surface area contributed by atoms with Crippen molar-refractivity contribution < 1.29 is 0 Å². The van der Waals surface area contributed by atoms with Crippen molar-refractivity contribution >= 4 is 23.1 Å². The molecule has 0 amide bonds. The van der Waals surface area contributed by atoms with Gasteiger partial charge in [0.15, 0.2) is 0 Å². The first-order valence-corrected chi connectivity index (χ1v) is 6.40. The molecule has 2 aromatic rings. The summed E-state index contributed by atoms with van der Waals surface area (Å²) in [6.07, 6.45) is 1.69. The minimum atomic E-state index is 0.667. The molecule has 1 aliphatic heterocycles. The summed E-state index contributed by atoms with van der Waals surface area (Å²) in [7, 11) is 0. The number of para-hydroxylation sites is 1. The summed E-state index contributed by atoms with van der Waals surface area (Å²) >= 11 is 5.89. The number of benzene rings is 1. The summed E-state index contributed by atoms with van der Waals surface area (Å²) in [6, 6.07) is 12.3. The maximum absolute atomic E-state index is 5.89. The van der Waals surface area contributed by atoms with Gasteiger partial charge in [-0.05, 0) is 23.8 Å². The highest BCUT2D eigenvalue weighted by Gasteiger charge is 2.16. The van der Waals surface area contributed by atoms with E-state index < -0.39 is 0 Å². The van der Waals surface area contributed by atoms with E-state index in [0.717, 1.165) is 25.5 Å². The highest BCUT2D eigenvalue weighted by Crippen LogP contribution is 2.28. The van der Waals surface area contributed by atoms with Crippen molar-refractivity contribution in [1.82, 2.24) is 10.3 Å². The Bertz CT molecular complexity index is 539. The van der Waals surface area contributed by atoms with Crippen molar-refractivity contribution in [2.45, 2.75) is 6.54 Å². The normalized spacial score (nSPS) is 15.1. The van der Waals surface area contributed by atoms with Gasteiger partial charge in [0.05, 0.1) is 5.02 Å². The fourth-order valence-corrected chi connectivity index (χ4v) is 2.34.